The van der Waals surface area contributed by atoms with Crippen LogP contribution in [0.4, 0.5) is 10.7 Å². The zero-order chi connectivity index (χ0) is 22.7. The highest BCUT2D eigenvalue weighted by molar-refractivity contribution is 5.92. The van der Waals surface area contributed by atoms with Gasteiger partial charge in [0.05, 0.1) is 30.5 Å². The minimum atomic E-state index is -0.627. The quantitative estimate of drug-likeness (QED) is 0.594. The van der Waals surface area contributed by atoms with E-state index in [-0.39, 0.29) is 18.6 Å². The Bertz CT molecular complexity index is 1090. The van der Waals surface area contributed by atoms with Gasteiger partial charge in [-0.15, -0.1) is 0 Å². The average Bonchev–Trinajstić information content (AvgIpc) is 3.27. The molecule has 2 aromatic heterocycles. The maximum absolute atomic E-state index is 12.1. The number of rotatable bonds is 6. The Labute approximate surface area is 186 Å². The molecule has 4 rings (SSSR count). The van der Waals surface area contributed by atoms with Crippen LogP contribution in [0.5, 0.6) is 6.01 Å². The lowest BCUT2D eigenvalue weighted by atomic mass is 10.1. The molecule has 2 N–H and O–H groups in total. The number of hydrogen-bond acceptors (Lipinski definition) is 8. The molecule has 1 fully saturated rings. The number of aromatic nitrogens is 5. The molecule has 0 unspecified atom stereocenters. The number of morpholine rings is 1. The van der Waals surface area contributed by atoms with Crippen LogP contribution in [0.1, 0.15) is 13.8 Å². The number of anilines is 1. The maximum atomic E-state index is 12.1. The van der Waals surface area contributed by atoms with Crippen LogP contribution in [-0.2, 0) is 4.74 Å². The summed E-state index contributed by atoms with van der Waals surface area (Å²) < 4.78 is 11.4. The SMILES string of the molecule is CN(C)C(=O)NC(C)(C)COc1nc(-c2cccc3[nH]ncc23)nc(N2CCOCC2)n1. The lowest BCUT2D eigenvalue weighted by molar-refractivity contribution is 0.121. The molecule has 2 amide bonds. The van der Waals surface area contributed by atoms with Crippen molar-refractivity contribution in [3.05, 3.63) is 24.4 Å². The van der Waals surface area contributed by atoms with Crippen LogP contribution < -0.4 is 15.0 Å². The van der Waals surface area contributed by atoms with Crippen molar-refractivity contribution in [2.75, 3.05) is 51.9 Å². The van der Waals surface area contributed by atoms with Gasteiger partial charge in [-0.05, 0) is 19.9 Å². The molecule has 170 valence electrons. The third-order valence-corrected chi connectivity index (χ3v) is 5.04. The Morgan fingerprint density at radius 3 is 2.78 bits per heavy atom. The normalized spacial score (nSPS) is 14.4. The van der Waals surface area contributed by atoms with Crippen LogP contribution in [0.3, 0.4) is 0 Å². The molecule has 0 spiro atoms. The summed E-state index contributed by atoms with van der Waals surface area (Å²) in [4.78, 5) is 29.4. The van der Waals surface area contributed by atoms with E-state index in [0.717, 1.165) is 16.5 Å². The molecule has 1 saturated heterocycles. The summed E-state index contributed by atoms with van der Waals surface area (Å²) in [6.07, 6.45) is 1.75. The van der Waals surface area contributed by atoms with Gasteiger partial charge < -0.3 is 24.6 Å². The number of nitrogens with zero attached hydrogens (tertiary/aromatic N) is 6. The fourth-order valence-corrected chi connectivity index (χ4v) is 3.28. The second-order valence-corrected chi connectivity index (χ2v) is 8.47. The minimum Gasteiger partial charge on any atom is -0.461 e. The predicted molar refractivity (Wildman–Crippen MR) is 120 cm³/mol. The predicted octanol–water partition coefficient (Wildman–Crippen LogP) is 1.68. The van der Waals surface area contributed by atoms with E-state index in [1.807, 2.05) is 32.0 Å². The van der Waals surface area contributed by atoms with Crippen molar-refractivity contribution in [3.8, 4) is 17.4 Å². The topological polar surface area (TPSA) is 121 Å². The molecule has 11 nitrogen and oxygen atoms in total. The average molecular weight is 441 g/mol. The summed E-state index contributed by atoms with van der Waals surface area (Å²) in [5.74, 6) is 1.03. The number of benzene rings is 1. The first-order chi connectivity index (χ1) is 15.3. The van der Waals surface area contributed by atoms with Crippen molar-refractivity contribution in [1.29, 1.82) is 0 Å². The van der Waals surface area contributed by atoms with Gasteiger partial charge in [0.25, 0.3) is 0 Å². The third kappa shape index (κ3) is 4.88. The summed E-state index contributed by atoms with van der Waals surface area (Å²) in [5.41, 5.74) is 1.10. The summed E-state index contributed by atoms with van der Waals surface area (Å²) in [6.45, 7) is 6.54. The van der Waals surface area contributed by atoms with E-state index in [1.54, 1.807) is 20.3 Å². The van der Waals surface area contributed by atoms with Crippen molar-refractivity contribution in [2.45, 2.75) is 19.4 Å². The molecular weight excluding hydrogens is 412 g/mol. The van der Waals surface area contributed by atoms with Crippen LogP contribution in [0.15, 0.2) is 24.4 Å². The van der Waals surface area contributed by atoms with Crippen LogP contribution in [0.25, 0.3) is 22.3 Å². The Balaban J connectivity index is 1.65. The molecule has 0 bridgehead atoms. The Morgan fingerprint density at radius 2 is 2.03 bits per heavy atom. The number of urea groups is 1. The van der Waals surface area contributed by atoms with E-state index in [1.165, 1.54) is 4.90 Å². The lowest BCUT2D eigenvalue weighted by Crippen LogP contribution is -2.51. The Kier molecular flexibility index (Phi) is 6.08. The first kappa shape index (κ1) is 21.8. The first-order valence-electron chi connectivity index (χ1n) is 10.5. The van der Waals surface area contributed by atoms with Crippen LogP contribution in [0.2, 0.25) is 0 Å². The van der Waals surface area contributed by atoms with Gasteiger partial charge in [-0.25, -0.2) is 4.79 Å². The van der Waals surface area contributed by atoms with E-state index in [9.17, 15) is 4.79 Å². The van der Waals surface area contributed by atoms with Gasteiger partial charge in [0.1, 0.15) is 6.61 Å². The first-order valence-corrected chi connectivity index (χ1v) is 10.5. The number of amides is 2. The maximum Gasteiger partial charge on any atom is 0.321 e. The van der Waals surface area contributed by atoms with Gasteiger partial charge in [0, 0.05) is 38.1 Å². The van der Waals surface area contributed by atoms with Crippen molar-refractivity contribution in [2.24, 2.45) is 0 Å². The van der Waals surface area contributed by atoms with E-state index < -0.39 is 5.54 Å². The van der Waals surface area contributed by atoms with Crippen molar-refractivity contribution >= 4 is 22.9 Å². The Morgan fingerprint density at radius 1 is 1.25 bits per heavy atom. The second-order valence-electron chi connectivity index (χ2n) is 8.47. The summed E-state index contributed by atoms with van der Waals surface area (Å²) in [6, 6.07) is 5.82. The number of ether oxygens (including phenoxy) is 2. The molecular formula is C21H28N8O3. The highest BCUT2D eigenvalue weighted by Crippen LogP contribution is 2.27. The standard InChI is InChI=1S/C21H28N8O3/c1-21(2,26-20(30)28(3)4)13-32-19-24-17(14-6-5-7-16-15(14)12-22-27-16)23-18(25-19)29-8-10-31-11-9-29/h5-7,12H,8-11,13H2,1-4H3,(H,22,27)(H,26,30). The van der Waals surface area contributed by atoms with E-state index in [0.29, 0.717) is 38.1 Å². The minimum absolute atomic E-state index is 0.189. The highest BCUT2D eigenvalue weighted by atomic mass is 16.5. The molecule has 0 saturated carbocycles. The molecule has 3 heterocycles. The number of carbonyl (C=O) groups excluding carboxylic acids is 1. The third-order valence-electron chi connectivity index (χ3n) is 5.04. The van der Waals surface area contributed by atoms with Crippen LogP contribution >= 0.6 is 0 Å². The second kappa shape index (κ2) is 8.95. The largest absolute Gasteiger partial charge is 0.461 e. The van der Waals surface area contributed by atoms with Gasteiger partial charge in [-0.2, -0.15) is 20.1 Å². The molecule has 0 atom stereocenters. The molecule has 0 radical (unpaired) electrons. The number of fused-ring (bicyclic) bond motifs is 1. The number of nitrogens with one attached hydrogen (secondary N) is 2. The molecule has 1 aliphatic heterocycles. The zero-order valence-corrected chi connectivity index (χ0v) is 18.8. The van der Waals surface area contributed by atoms with E-state index >= 15 is 0 Å². The molecule has 1 aromatic carbocycles. The Hall–Kier alpha value is -3.47. The molecule has 0 aliphatic carbocycles. The zero-order valence-electron chi connectivity index (χ0n) is 18.8. The van der Waals surface area contributed by atoms with E-state index in [2.05, 4.69) is 30.4 Å². The summed E-state index contributed by atoms with van der Waals surface area (Å²) in [5, 5.41) is 10.9. The number of H-pyrrole nitrogens is 1. The van der Waals surface area contributed by atoms with Gasteiger partial charge in [0.2, 0.25) is 5.95 Å². The van der Waals surface area contributed by atoms with Crippen LogP contribution in [-0.4, -0.2) is 88.6 Å². The monoisotopic (exact) mass is 440 g/mol. The fourth-order valence-electron chi connectivity index (χ4n) is 3.28. The van der Waals surface area contributed by atoms with Gasteiger partial charge >= 0.3 is 12.0 Å². The van der Waals surface area contributed by atoms with Gasteiger partial charge in [-0.3, -0.25) is 5.10 Å². The van der Waals surface area contributed by atoms with Crippen molar-refractivity contribution in [3.63, 3.8) is 0 Å². The number of carbonyl (C=O) groups is 1. The van der Waals surface area contributed by atoms with Crippen molar-refractivity contribution < 1.29 is 14.3 Å². The lowest BCUT2D eigenvalue weighted by Gasteiger charge is -2.28. The number of hydrogen-bond donors (Lipinski definition) is 2. The molecule has 3 aromatic rings. The molecule has 1 aliphatic rings. The van der Waals surface area contributed by atoms with Gasteiger partial charge in [0.15, 0.2) is 5.82 Å². The molecule has 32 heavy (non-hydrogen) atoms. The van der Waals surface area contributed by atoms with Gasteiger partial charge in [-0.1, -0.05) is 12.1 Å². The number of aromatic amines is 1. The summed E-state index contributed by atoms with van der Waals surface area (Å²) >= 11 is 0. The highest BCUT2D eigenvalue weighted by Gasteiger charge is 2.24. The summed E-state index contributed by atoms with van der Waals surface area (Å²) in [7, 11) is 3.38. The smallest absolute Gasteiger partial charge is 0.321 e. The van der Waals surface area contributed by atoms with Crippen LogP contribution in [0, 0.1) is 0 Å². The molecule has 11 heteroatoms. The van der Waals surface area contributed by atoms with E-state index in [4.69, 9.17) is 14.5 Å². The fraction of sp³-hybridized carbons (Fsp3) is 0.476. The van der Waals surface area contributed by atoms with Crippen molar-refractivity contribution in [1.82, 2.24) is 35.4 Å².